The van der Waals surface area contributed by atoms with Crippen molar-refractivity contribution in [2.24, 2.45) is 0 Å². The number of nitrogens with zero attached hydrogens (tertiary/aromatic N) is 2. The lowest BCUT2D eigenvalue weighted by molar-refractivity contribution is -0.142. The molecule has 27 heavy (non-hydrogen) atoms. The van der Waals surface area contributed by atoms with Crippen LogP contribution < -0.4 is 5.32 Å². The summed E-state index contributed by atoms with van der Waals surface area (Å²) in [5.41, 5.74) is 3.43. The van der Waals surface area contributed by atoms with Crippen LogP contribution >= 0.6 is 0 Å². The van der Waals surface area contributed by atoms with Gasteiger partial charge in [-0.1, -0.05) is 18.2 Å². The van der Waals surface area contributed by atoms with E-state index in [4.69, 9.17) is 11.3 Å². The Labute approximate surface area is 156 Å². The number of hydrogen-bond donors (Lipinski definition) is 2. The Morgan fingerprint density at radius 2 is 2.30 bits per heavy atom. The smallest absolute Gasteiger partial charge is 0.340 e. The predicted octanol–water partition coefficient (Wildman–Crippen LogP) is 2.86. The zero-order chi connectivity index (χ0) is 19.2. The van der Waals surface area contributed by atoms with Crippen molar-refractivity contribution in [3.8, 4) is 6.57 Å². The average Bonchev–Trinajstić information content (AvgIpc) is 3.40. The third-order valence-electron chi connectivity index (χ3n) is 4.28. The van der Waals surface area contributed by atoms with Gasteiger partial charge in [-0.05, 0) is 28.5 Å². The lowest BCUT2D eigenvalue weighted by Gasteiger charge is -2.17. The standard InChI is InChI=1S/C20H18N4O3/c1-21-14-7-8-16(17(9-14)13-5-3-4-6-13)19(25)24-18(20(26)27-2)10-15-11-22-12-23-15/h1,3-5,7-9,11-12,18H,6,10H2,2H3,(H-,22,23,24,25)/p+1/t18-/m1/s1. The lowest BCUT2D eigenvalue weighted by Crippen LogP contribution is -2.43. The Hall–Kier alpha value is -3.66. The number of aromatic nitrogens is 2. The molecular weight excluding hydrogens is 344 g/mol. The van der Waals surface area contributed by atoms with Gasteiger partial charge in [0.2, 0.25) is 0 Å². The number of amides is 1. The van der Waals surface area contributed by atoms with E-state index in [9.17, 15) is 9.59 Å². The topological polar surface area (TPSA) is 88.4 Å². The molecule has 1 amide bonds. The molecule has 3 rings (SSSR count). The molecule has 7 heteroatoms. The highest BCUT2D eigenvalue weighted by atomic mass is 16.5. The lowest BCUT2D eigenvalue weighted by atomic mass is 9.97. The molecule has 0 fully saturated rings. The third kappa shape index (κ3) is 4.12. The first-order valence-electron chi connectivity index (χ1n) is 8.39. The van der Waals surface area contributed by atoms with Gasteiger partial charge in [-0.25, -0.2) is 9.78 Å². The normalized spacial score (nSPS) is 13.6. The summed E-state index contributed by atoms with van der Waals surface area (Å²) in [7, 11) is 1.28. The van der Waals surface area contributed by atoms with Crippen LogP contribution in [-0.2, 0) is 16.0 Å². The van der Waals surface area contributed by atoms with Gasteiger partial charge < -0.3 is 15.0 Å². The Kier molecular flexibility index (Phi) is 5.47. The Bertz CT molecular complexity index is 952. The summed E-state index contributed by atoms with van der Waals surface area (Å²) in [5, 5.41) is 2.75. The Morgan fingerprint density at radius 3 is 2.93 bits per heavy atom. The van der Waals surface area contributed by atoms with Crippen LogP contribution in [0.1, 0.15) is 28.0 Å². The van der Waals surface area contributed by atoms with Crippen molar-refractivity contribution in [1.29, 1.82) is 0 Å². The molecule has 0 unspecified atom stereocenters. The molecule has 1 atom stereocenters. The molecule has 7 nitrogen and oxygen atoms in total. The average molecular weight is 363 g/mol. The van der Waals surface area contributed by atoms with Gasteiger partial charge in [-0.15, -0.1) is 0 Å². The number of rotatable bonds is 6. The fraction of sp³-hybridized carbons (Fsp3) is 0.200. The maximum absolute atomic E-state index is 12.9. The first kappa shape index (κ1) is 18.1. The number of methoxy groups -OCH3 is 1. The molecule has 0 spiro atoms. The van der Waals surface area contributed by atoms with Crippen molar-refractivity contribution < 1.29 is 14.3 Å². The van der Waals surface area contributed by atoms with Gasteiger partial charge in [0.05, 0.1) is 13.4 Å². The summed E-state index contributed by atoms with van der Waals surface area (Å²) in [6.45, 7) is 5.38. The fourth-order valence-corrected chi connectivity index (χ4v) is 2.91. The van der Waals surface area contributed by atoms with Gasteiger partial charge in [-0.2, -0.15) is 0 Å². The van der Waals surface area contributed by atoms with Crippen LogP contribution in [0, 0.1) is 6.57 Å². The Balaban J connectivity index is 1.87. The van der Waals surface area contributed by atoms with Crippen LogP contribution in [0.3, 0.4) is 0 Å². The summed E-state index contributed by atoms with van der Waals surface area (Å²) >= 11 is 0. The molecule has 1 aliphatic carbocycles. The molecule has 0 saturated carbocycles. The molecule has 136 valence electrons. The molecule has 0 aliphatic heterocycles. The maximum atomic E-state index is 12.9. The van der Waals surface area contributed by atoms with E-state index in [0.29, 0.717) is 23.4 Å². The number of esters is 1. The highest BCUT2D eigenvalue weighted by Crippen LogP contribution is 2.30. The first-order valence-corrected chi connectivity index (χ1v) is 8.39. The molecule has 1 aromatic carbocycles. The number of ether oxygens (including phenoxy) is 1. The third-order valence-corrected chi connectivity index (χ3v) is 4.28. The molecule has 1 heterocycles. The number of carbonyl (C=O) groups is 2. The minimum absolute atomic E-state index is 0.244. The first-order chi connectivity index (χ1) is 13.1. The second-order valence-electron chi connectivity index (χ2n) is 6.01. The highest BCUT2D eigenvalue weighted by molar-refractivity contribution is 6.02. The summed E-state index contributed by atoms with van der Waals surface area (Å²) in [4.78, 5) is 35.6. The van der Waals surface area contributed by atoms with E-state index >= 15 is 0 Å². The number of aromatic amines is 1. The van der Waals surface area contributed by atoms with E-state index in [1.165, 1.54) is 13.4 Å². The second kappa shape index (κ2) is 8.15. The monoisotopic (exact) mass is 363 g/mol. The van der Waals surface area contributed by atoms with E-state index in [0.717, 1.165) is 11.1 Å². The van der Waals surface area contributed by atoms with Gasteiger partial charge in [0.15, 0.2) is 0 Å². The molecule has 0 radical (unpaired) electrons. The minimum Gasteiger partial charge on any atom is -0.467 e. The van der Waals surface area contributed by atoms with Crippen LogP contribution in [0.15, 0.2) is 49.0 Å². The second-order valence-corrected chi connectivity index (χ2v) is 6.01. The maximum Gasteiger partial charge on any atom is 0.340 e. The zero-order valence-corrected chi connectivity index (χ0v) is 14.8. The number of benzene rings is 1. The van der Waals surface area contributed by atoms with E-state index in [2.05, 4.69) is 20.1 Å². The van der Waals surface area contributed by atoms with Crippen LogP contribution in [0.25, 0.3) is 10.4 Å². The SMILES string of the molecule is C#[N+]c1ccc(C(=O)N[C@H](Cc2cnc[nH]2)C(=O)OC)c(C2=CC=CC2)c1. The molecule has 0 saturated heterocycles. The van der Waals surface area contributed by atoms with Crippen LogP contribution in [0.2, 0.25) is 0 Å². The van der Waals surface area contributed by atoms with Crippen LogP contribution in [-0.4, -0.2) is 35.0 Å². The Morgan fingerprint density at radius 1 is 1.44 bits per heavy atom. The number of carbonyl (C=O) groups excluding carboxylic acids is 2. The molecule has 1 aromatic heterocycles. The van der Waals surface area contributed by atoms with Gasteiger partial charge in [0, 0.05) is 36.0 Å². The molecule has 1 aliphatic rings. The minimum atomic E-state index is -0.842. The summed E-state index contributed by atoms with van der Waals surface area (Å²) in [6, 6.07) is 4.23. The van der Waals surface area contributed by atoms with Gasteiger partial charge in [0.1, 0.15) is 6.04 Å². The van der Waals surface area contributed by atoms with Gasteiger partial charge in [0.25, 0.3) is 12.5 Å². The number of H-pyrrole nitrogens is 1. The van der Waals surface area contributed by atoms with Crippen molar-refractivity contribution in [3.05, 3.63) is 70.6 Å². The molecular formula is C20H19N4O3+. The van der Waals surface area contributed by atoms with E-state index in [1.807, 2.05) is 18.2 Å². The highest BCUT2D eigenvalue weighted by Gasteiger charge is 2.25. The molecule has 2 aromatic rings. The van der Waals surface area contributed by atoms with E-state index < -0.39 is 12.0 Å². The van der Waals surface area contributed by atoms with Crippen molar-refractivity contribution in [1.82, 2.24) is 15.3 Å². The molecule has 2 N–H and O–H groups in total. The largest absolute Gasteiger partial charge is 0.467 e. The summed E-state index contributed by atoms with van der Waals surface area (Å²) in [6.07, 6.45) is 9.93. The predicted molar refractivity (Wildman–Crippen MR) is 102 cm³/mol. The van der Waals surface area contributed by atoms with Crippen molar-refractivity contribution in [2.75, 3.05) is 7.11 Å². The summed E-state index contributed by atoms with van der Waals surface area (Å²) < 4.78 is 4.82. The molecule has 0 bridgehead atoms. The van der Waals surface area contributed by atoms with Crippen LogP contribution in [0.5, 0.6) is 0 Å². The fourth-order valence-electron chi connectivity index (χ4n) is 2.91. The van der Waals surface area contributed by atoms with Crippen molar-refractivity contribution >= 4 is 23.1 Å². The van der Waals surface area contributed by atoms with E-state index in [1.54, 1.807) is 24.4 Å². The van der Waals surface area contributed by atoms with Crippen LogP contribution in [0.4, 0.5) is 5.69 Å². The summed E-state index contributed by atoms with van der Waals surface area (Å²) in [5.74, 6) is -0.911. The van der Waals surface area contributed by atoms with Crippen molar-refractivity contribution in [3.63, 3.8) is 0 Å². The van der Waals surface area contributed by atoms with E-state index in [-0.39, 0.29) is 12.3 Å². The number of nitrogens with one attached hydrogen (secondary N) is 2. The number of hydrogen-bond acceptors (Lipinski definition) is 4. The number of imidazole rings is 1. The zero-order valence-electron chi connectivity index (χ0n) is 14.8. The number of allylic oxidation sites excluding steroid dienone is 4. The van der Waals surface area contributed by atoms with Gasteiger partial charge in [-0.3, -0.25) is 4.79 Å². The van der Waals surface area contributed by atoms with Crippen molar-refractivity contribution in [2.45, 2.75) is 18.9 Å². The van der Waals surface area contributed by atoms with Gasteiger partial charge >= 0.3 is 11.7 Å². The quantitative estimate of drug-likeness (QED) is 0.773.